The Hall–Kier alpha value is -0.0800. The van der Waals surface area contributed by atoms with Crippen molar-refractivity contribution in [3.8, 4) is 0 Å². The summed E-state index contributed by atoms with van der Waals surface area (Å²) >= 11 is 0. The Morgan fingerprint density at radius 3 is 2.41 bits per heavy atom. The number of nitrogens with zero attached hydrogens (tertiary/aromatic N) is 1. The maximum Gasteiger partial charge on any atom is 0.0248 e. The molecule has 1 aliphatic heterocycles. The second-order valence-electron chi connectivity index (χ2n) is 6.61. The molecule has 1 saturated heterocycles. The zero-order chi connectivity index (χ0) is 12.3. The van der Waals surface area contributed by atoms with Crippen LogP contribution in [-0.2, 0) is 0 Å². The molecule has 1 aliphatic carbocycles. The van der Waals surface area contributed by atoms with Gasteiger partial charge in [0.2, 0.25) is 0 Å². The first kappa shape index (κ1) is 13.4. The highest BCUT2D eigenvalue weighted by Crippen LogP contribution is 2.33. The first-order valence-electron chi connectivity index (χ1n) is 7.68. The van der Waals surface area contributed by atoms with E-state index >= 15 is 0 Å². The molecule has 100 valence electrons. The van der Waals surface area contributed by atoms with Crippen LogP contribution in [0.4, 0.5) is 0 Å². The van der Waals surface area contributed by atoms with Crippen LogP contribution in [0, 0.1) is 17.8 Å². The molecule has 0 spiro atoms. The molecular weight excluding hydrogens is 208 g/mol. The first-order chi connectivity index (χ1) is 8.16. The Morgan fingerprint density at radius 1 is 1.06 bits per heavy atom. The zero-order valence-corrected chi connectivity index (χ0v) is 11.9. The van der Waals surface area contributed by atoms with E-state index in [1.807, 2.05) is 0 Å². The van der Waals surface area contributed by atoms with Crippen molar-refractivity contribution in [1.82, 2.24) is 10.4 Å². The summed E-state index contributed by atoms with van der Waals surface area (Å²) in [6.07, 6.45) is 8.40. The molecule has 0 aromatic rings. The molecule has 2 aliphatic rings. The molecule has 1 saturated carbocycles. The summed E-state index contributed by atoms with van der Waals surface area (Å²) in [5.74, 6) is 2.62. The molecule has 17 heavy (non-hydrogen) atoms. The lowest BCUT2D eigenvalue weighted by atomic mass is 9.74. The molecule has 1 N–H and O–H groups in total. The molecular formula is C15H30N2. The van der Waals surface area contributed by atoms with Gasteiger partial charge in [0.15, 0.2) is 0 Å². The fourth-order valence-corrected chi connectivity index (χ4v) is 3.61. The SMILES string of the molecule is CC1CCC(C(C)C)C(NN2CCCCC2)C1. The molecule has 0 aromatic carbocycles. The number of piperidine rings is 1. The van der Waals surface area contributed by atoms with Crippen molar-refractivity contribution in [1.29, 1.82) is 0 Å². The van der Waals surface area contributed by atoms with E-state index in [9.17, 15) is 0 Å². The van der Waals surface area contributed by atoms with E-state index in [-0.39, 0.29) is 0 Å². The van der Waals surface area contributed by atoms with E-state index in [0.29, 0.717) is 0 Å². The molecule has 1 heterocycles. The maximum atomic E-state index is 3.85. The van der Waals surface area contributed by atoms with Gasteiger partial charge in [0, 0.05) is 19.1 Å². The summed E-state index contributed by atoms with van der Waals surface area (Å²) in [4.78, 5) is 0. The van der Waals surface area contributed by atoms with Crippen molar-refractivity contribution in [2.24, 2.45) is 17.8 Å². The lowest BCUT2D eigenvalue weighted by Crippen LogP contribution is -2.52. The summed E-state index contributed by atoms with van der Waals surface area (Å²) in [7, 11) is 0. The molecule has 0 radical (unpaired) electrons. The third-order valence-corrected chi connectivity index (χ3v) is 4.73. The van der Waals surface area contributed by atoms with Crippen molar-refractivity contribution in [3.63, 3.8) is 0 Å². The molecule has 2 rings (SSSR count). The largest absolute Gasteiger partial charge is 0.252 e. The Kier molecular flexibility index (Phi) is 4.87. The molecule has 2 heteroatoms. The van der Waals surface area contributed by atoms with Gasteiger partial charge in [0.05, 0.1) is 0 Å². The summed E-state index contributed by atoms with van der Waals surface area (Å²) in [5, 5.41) is 2.50. The average molecular weight is 238 g/mol. The van der Waals surface area contributed by atoms with Gasteiger partial charge in [-0.2, -0.15) is 0 Å². The third-order valence-electron chi connectivity index (χ3n) is 4.73. The molecule has 0 bridgehead atoms. The van der Waals surface area contributed by atoms with Crippen LogP contribution in [0.15, 0.2) is 0 Å². The van der Waals surface area contributed by atoms with Gasteiger partial charge < -0.3 is 0 Å². The Labute approximate surface area is 107 Å². The van der Waals surface area contributed by atoms with E-state index in [4.69, 9.17) is 0 Å². The highest BCUT2D eigenvalue weighted by Gasteiger charge is 2.31. The summed E-state index contributed by atoms with van der Waals surface area (Å²) in [6, 6.07) is 0.733. The van der Waals surface area contributed by atoms with Crippen LogP contribution in [0.5, 0.6) is 0 Å². The Balaban J connectivity index is 1.89. The van der Waals surface area contributed by atoms with Crippen LogP contribution in [0.2, 0.25) is 0 Å². The number of rotatable bonds is 3. The minimum absolute atomic E-state index is 0.733. The fraction of sp³-hybridized carbons (Fsp3) is 1.00. The van der Waals surface area contributed by atoms with Crippen LogP contribution in [-0.4, -0.2) is 24.1 Å². The van der Waals surface area contributed by atoms with Crippen LogP contribution in [0.25, 0.3) is 0 Å². The van der Waals surface area contributed by atoms with Crippen molar-refractivity contribution in [3.05, 3.63) is 0 Å². The van der Waals surface area contributed by atoms with E-state index in [2.05, 4.69) is 31.2 Å². The zero-order valence-electron chi connectivity index (χ0n) is 11.9. The van der Waals surface area contributed by atoms with Gasteiger partial charge in [0.25, 0.3) is 0 Å². The molecule has 2 fully saturated rings. The topological polar surface area (TPSA) is 15.3 Å². The quantitative estimate of drug-likeness (QED) is 0.810. The van der Waals surface area contributed by atoms with Crippen molar-refractivity contribution >= 4 is 0 Å². The number of nitrogens with one attached hydrogen (secondary N) is 1. The molecule has 0 aromatic heterocycles. The first-order valence-corrected chi connectivity index (χ1v) is 7.68. The fourth-order valence-electron chi connectivity index (χ4n) is 3.61. The van der Waals surface area contributed by atoms with Gasteiger partial charge in [-0.1, -0.05) is 33.6 Å². The number of hydrogen-bond acceptors (Lipinski definition) is 2. The normalized spacial score (nSPS) is 36.4. The smallest absolute Gasteiger partial charge is 0.0248 e. The average Bonchev–Trinajstić information content (AvgIpc) is 2.30. The lowest BCUT2D eigenvalue weighted by molar-refractivity contribution is 0.0626. The van der Waals surface area contributed by atoms with E-state index in [1.165, 1.54) is 51.6 Å². The van der Waals surface area contributed by atoms with E-state index in [0.717, 1.165) is 23.8 Å². The summed E-state index contributed by atoms with van der Waals surface area (Å²) < 4.78 is 0. The highest BCUT2D eigenvalue weighted by molar-refractivity contribution is 4.85. The van der Waals surface area contributed by atoms with Crippen molar-refractivity contribution in [2.45, 2.75) is 65.3 Å². The standard InChI is InChI=1S/C15H30N2/c1-12(2)14-8-7-13(3)11-15(14)16-17-9-5-4-6-10-17/h12-16H,4-11H2,1-3H3. The number of hydrazine groups is 1. The minimum atomic E-state index is 0.733. The second kappa shape index (κ2) is 6.19. The van der Waals surface area contributed by atoms with Gasteiger partial charge in [-0.05, 0) is 43.4 Å². The van der Waals surface area contributed by atoms with Gasteiger partial charge in [-0.3, -0.25) is 5.43 Å². The summed E-state index contributed by atoms with van der Waals surface area (Å²) in [5.41, 5.74) is 3.85. The van der Waals surface area contributed by atoms with Gasteiger partial charge in [0.1, 0.15) is 0 Å². The second-order valence-corrected chi connectivity index (χ2v) is 6.61. The Morgan fingerprint density at radius 2 is 1.76 bits per heavy atom. The molecule has 3 atom stereocenters. The van der Waals surface area contributed by atoms with Gasteiger partial charge >= 0.3 is 0 Å². The maximum absolute atomic E-state index is 3.85. The summed E-state index contributed by atoms with van der Waals surface area (Å²) in [6.45, 7) is 9.73. The van der Waals surface area contributed by atoms with Crippen molar-refractivity contribution in [2.75, 3.05) is 13.1 Å². The molecule has 3 unspecified atom stereocenters. The van der Waals surface area contributed by atoms with Gasteiger partial charge in [-0.15, -0.1) is 0 Å². The van der Waals surface area contributed by atoms with Crippen LogP contribution >= 0.6 is 0 Å². The molecule has 2 nitrogen and oxygen atoms in total. The third kappa shape index (κ3) is 3.69. The van der Waals surface area contributed by atoms with Gasteiger partial charge in [-0.25, -0.2) is 5.01 Å². The predicted octanol–water partition coefficient (Wildman–Crippen LogP) is 3.44. The van der Waals surface area contributed by atoms with Crippen LogP contribution < -0.4 is 5.43 Å². The monoisotopic (exact) mass is 238 g/mol. The number of hydrogen-bond donors (Lipinski definition) is 1. The molecule has 0 amide bonds. The van der Waals surface area contributed by atoms with E-state index in [1.54, 1.807) is 0 Å². The Bertz CT molecular complexity index is 221. The minimum Gasteiger partial charge on any atom is -0.252 e. The van der Waals surface area contributed by atoms with E-state index < -0.39 is 0 Å². The van der Waals surface area contributed by atoms with Crippen LogP contribution in [0.1, 0.15) is 59.3 Å². The van der Waals surface area contributed by atoms with Crippen molar-refractivity contribution < 1.29 is 0 Å². The lowest BCUT2D eigenvalue weighted by Gasteiger charge is -2.41. The van der Waals surface area contributed by atoms with Crippen LogP contribution in [0.3, 0.4) is 0 Å². The predicted molar refractivity (Wildman–Crippen MR) is 73.7 cm³/mol. The highest BCUT2D eigenvalue weighted by atomic mass is 15.5.